The third-order valence-electron chi connectivity index (χ3n) is 5.19. The molecule has 30 heavy (non-hydrogen) atoms. The van der Waals surface area contributed by atoms with E-state index in [4.69, 9.17) is 10.2 Å². The normalized spacial score (nSPS) is 12.2. The first-order valence-electron chi connectivity index (χ1n) is 10.2. The lowest BCUT2D eigenvalue weighted by molar-refractivity contribution is 0.0949. The molecule has 0 atom stereocenters. The summed E-state index contributed by atoms with van der Waals surface area (Å²) in [5.74, 6) is -0.703. The molecular formula is C25H30N2O3. The smallest absolute Gasteiger partial charge is 0.261 e. The lowest BCUT2D eigenvalue weighted by Crippen LogP contribution is -2.30. The maximum absolute atomic E-state index is 13.2. The molecule has 2 aromatic carbocycles. The number of hydrogen-bond acceptors (Lipinski definition) is 4. The molecule has 0 saturated carbocycles. The highest BCUT2D eigenvalue weighted by Gasteiger charge is 2.28. The second-order valence-electron chi connectivity index (χ2n) is 9.67. The Morgan fingerprint density at radius 3 is 2.33 bits per heavy atom. The molecule has 0 unspecified atom stereocenters. The van der Waals surface area contributed by atoms with Crippen molar-refractivity contribution in [2.24, 2.45) is 5.41 Å². The van der Waals surface area contributed by atoms with Gasteiger partial charge < -0.3 is 15.5 Å². The fourth-order valence-electron chi connectivity index (χ4n) is 4.14. The van der Waals surface area contributed by atoms with Crippen molar-refractivity contribution in [2.75, 3.05) is 5.73 Å². The quantitative estimate of drug-likeness (QED) is 0.623. The summed E-state index contributed by atoms with van der Waals surface area (Å²) in [5, 5.41) is 3.13. The topological polar surface area (TPSA) is 85.3 Å². The predicted octanol–water partition coefficient (Wildman–Crippen LogP) is 5.02. The van der Waals surface area contributed by atoms with Crippen LogP contribution in [0.2, 0.25) is 0 Å². The van der Waals surface area contributed by atoms with Gasteiger partial charge in [-0.15, -0.1) is 0 Å². The summed E-state index contributed by atoms with van der Waals surface area (Å²) in [6.07, 6.45) is 0.941. The number of nitrogens with one attached hydrogen (secondary N) is 1. The molecular weight excluding hydrogens is 376 g/mol. The van der Waals surface area contributed by atoms with Gasteiger partial charge in [-0.25, -0.2) is 0 Å². The molecule has 5 heteroatoms. The molecule has 3 N–H and O–H groups in total. The Labute approximate surface area is 177 Å². The van der Waals surface area contributed by atoms with Gasteiger partial charge in [-0.2, -0.15) is 0 Å². The number of fused-ring (bicyclic) bond motifs is 1. The zero-order valence-electron chi connectivity index (χ0n) is 18.3. The minimum Gasteiger partial charge on any atom is -0.440 e. The first-order chi connectivity index (χ1) is 14.0. The highest BCUT2D eigenvalue weighted by atomic mass is 16.3. The highest BCUT2D eigenvalue weighted by molar-refractivity contribution is 6.00. The van der Waals surface area contributed by atoms with Crippen molar-refractivity contribution >= 4 is 22.8 Å². The van der Waals surface area contributed by atoms with Crippen LogP contribution < -0.4 is 16.5 Å². The Balaban J connectivity index is 1.98. The molecule has 5 nitrogen and oxygen atoms in total. The van der Waals surface area contributed by atoms with E-state index in [0.717, 1.165) is 17.5 Å². The van der Waals surface area contributed by atoms with Gasteiger partial charge in [-0.3, -0.25) is 9.59 Å². The van der Waals surface area contributed by atoms with Crippen LogP contribution in [0.1, 0.15) is 62.5 Å². The fourth-order valence-corrected chi connectivity index (χ4v) is 4.14. The number of nitrogens with two attached hydrogens (primary N) is 1. The van der Waals surface area contributed by atoms with Gasteiger partial charge in [0, 0.05) is 6.54 Å². The monoisotopic (exact) mass is 406 g/mol. The van der Waals surface area contributed by atoms with Crippen molar-refractivity contribution in [2.45, 2.75) is 53.0 Å². The van der Waals surface area contributed by atoms with Gasteiger partial charge in [0.25, 0.3) is 5.91 Å². The van der Waals surface area contributed by atoms with Crippen molar-refractivity contribution < 1.29 is 9.21 Å². The molecule has 1 heterocycles. The molecule has 0 fully saturated rings. The molecule has 0 bridgehead atoms. The maximum Gasteiger partial charge on any atom is 0.261 e. The minimum atomic E-state index is -0.536. The van der Waals surface area contributed by atoms with Gasteiger partial charge in [-0.05, 0) is 40.5 Å². The minimum absolute atomic E-state index is 0.132. The molecule has 0 aliphatic heterocycles. The molecule has 0 aliphatic rings. The van der Waals surface area contributed by atoms with Gasteiger partial charge in [0.1, 0.15) is 11.1 Å². The summed E-state index contributed by atoms with van der Waals surface area (Å²) in [4.78, 5) is 25.9. The van der Waals surface area contributed by atoms with E-state index in [9.17, 15) is 9.59 Å². The highest BCUT2D eigenvalue weighted by Crippen LogP contribution is 2.37. The summed E-state index contributed by atoms with van der Waals surface area (Å²) < 4.78 is 5.63. The lowest BCUT2D eigenvalue weighted by Gasteiger charge is -2.33. The van der Waals surface area contributed by atoms with Crippen molar-refractivity contribution in [1.82, 2.24) is 5.32 Å². The number of amides is 1. The molecule has 0 saturated heterocycles. The van der Waals surface area contributed by atoms with E-state index in [0.29, 0.717) is 17.5 Å². The molecule has 3 aromatic rings. The third kappa shape index (κ3) is 4.73. The molecule has 158 valence electrons. The van der Waals surface area contributed by atoms with Crippen LogP contribution in [0, 0.1) is 5.41 Å². The summed E-state index contributed by atoms with van der Waals surface area (Å²) in [6.45, 7) is 11.2. The van der Waals surface area contributed by atoms with E-state index in [1.54, 1.807) is 6.07 Å². The summed E-state index contributed by atoms with van der Waals surface area (Å²) in [5.41, 5.74) is 7.71. The molecule has 0 aliphatic carbocycles. The number of benzene rings is 2. The van der Waals surface area contributed by atoms with Crippen molar-refractivity contribution in [3.8, 4) is 0 Å². The molecule has 1 aromatic heterocycles. The van der Waals surface area contributed by atoms with Crippen LogP contribution in [-0.4, -0.2) is 5.91 Å². The van der Waals surface area contributed by atoms with Crippen LogP contribution in [0.5, 0.6) is 0 Å². The number of anilines is 1. The average Bonchev–Trinajstić information content (AvgIpc) is 2.65. The van der Waals surface area contributed by atoms with E-state index in [1.807, 2.05) is 42.5 Å². The Hall–Kier alpha value is -3.08. The lowest BCUT2D eigenvalue weighted by atomic mass is 9.72. The van der Waals surface area contributed by atoms with E-state index in [1.165, 1.54) is 0 Å². The average molecular weight is 407 g/mol. The Morgan fingerprint density at radius 1 is 1.03 bits per heavy atom. The SMILES string of the molecule is CC(C)(C)CC(C)(C)c1ccc2oc(N)c(C(=O)NCc3ccccc3)c(=O)c2c1. The first-order valence-corrected chi connectivity index (χ1v) is 10.2. The van der Waals surface area contributed by atoms with E-state index < -0.39 is 11.3 Å². The Morgan fingerprint density at radius 2 is 1.70 bits per heavy atom. The van der Waals surface area contributed by atoms with Crippen LogP contribution in [-0.2, 0) is 12.0 Å². The van der Waals surface area contributed by atoms with Gasteiger partial charge in [0.2, 0.25) is 11.3 Å². The summed E-state index contributed by atoms with van der Waals surface area (Å²) >= 11 is 0. The van der Waals surface area contributed by atoms with Gasteiger partial charge in [0.05, 0.1) is 5.39 Å². The van der Waals surface area contributed by atoms with Crippen molar-refractivity contribution in [1.29, 1.82) is 0 Å². The Bertz CT molecular complexity index is 1120. The zero-order valence-corrected chi connectivity index (χ0v) is 18.3. The van der Waals surface area contributed by atoms with Crippen LogP contribution in [0.15, 0.2) is 57.7 Å². The first kappa shape index (κ1) is 21.6. The Kier molecular flexibility index (Phi) is 5.75. The van der Waals surface area contributed by atoms with Crippen LogP contribution in [0.3, 0.4) is 0 Å². The second kappa shape index (κ2) is 7.98. The molecule has 3 rings (SSSR count). The number of carbonyl (C=O) groups is 1. The van der Waals surface area contributed by atoms with Gasteiger partial charge >= 0.3 is 0 Å². The van der Waals surface area contributed by atoms with E-state index >= 15 is 0 Å². The molecule has 0 radical (unpaired) electrons. The van der Waals surface area contributed by atoms with E-state index in [2.05, 4.69) is 39.9 Å². The summed E-state index contributed by atoms with van der Waals surface area (Å²) in [6, 6.07) is 15.0. The zero-order chi connectivity index (χ0) is 22.1. The standard InChI is InChI=1S/C25H30N2O3/c1-24(2,3)15-25(4,5)17-11-12-19-18(13-17)21(28)20(22(26)30-19)23(29)27-14-16-9-7-6-8-10-16/h6-13H,14-15,26H2,1-5H3,(H,27,29). The molecule has 0 spiro atoms. The van der Waals surface area contributed by atoms with Crippen LogP contribution in [0.4, 0.5) is 5.88 Å². The maximum atomic E-state index is 13.2. The van der Waals surface area contributed by atoms with Gasteiger partial charge in [0.15, 0.2) is 0 Å². The molecule has 1 amide bonds. The third-order valence-corrected chi connectivity index (χ3v) is 5.19. The second-order valence-corrected chi connectivity index (χ2v) is 9.67. The van der Waals surface area contributed by atoms with Crippen molar-refractivity contribution in [3.63, 3.8) is 0 Å². The van der Waals surface area contributed by atoms with Crippen LogP contribution >= 0.6 is 0 Å². The van der Waals surface area contributed by atoms with Crippen LogP contribution in [0.25, 0.3) is 11.0 Å². The number of rotatable bonds is 5. The van der Waals surface area contributed by atoms with Gasteiger partial charge in [-0.1, -0.05) is 71.0 Å². The predicted molar refractivity (Wildman–Crippen MR) is 122 cm³/mol. The van der Waals surface area contributed by atoms with Crippen molar-refractivity contribution in [3.05, 3.63) is 75.4 Å². The van der Waals surface area contributed by atoms with E-state index in [-0.39, 0.29) is 22.3 Å². The largest absolute Gasteiger partial charge is 0.440 e. The number of nitrogen functional groups attached to an aromatic ring is 1. The fraction of sp³-hybridized carbons (Fsp3) is 0.360. The summed E-state index contributed by atoms with van der Waals surface area (Å²) in [7, 11) is 0. The number of hydrogen-bond donors (Lipinski definition) is 2. The number of carbonyl (C=O) groups excluding carboxylic acids is 1.